The van der Waals surface area contributed by atoms with Crippen molar-refractivity contribution in [3.8, 4) is 0 Å². The molecule has 14 heavy (non-hydrogen) atoms. The van der Waals surface area contributed by atoms with E-state index < -0.39 is 17.2 Å². The minimum absolute atomic E-state index is 0.531. The van der Waals surface area contributed by atoms with E-state index in [1.54, 1.807) is 34.6 Å². The first-order valence-electron chi connectivity index (χ1n) is 4.36. The number of hydrogen-bond acceptors (Lipinski definition) is 4. The highest BCUT2D eigenvalue weighted by atomic mass is 16.6. The Balaban J connectivity index is 4.20. The predicted octanol–water partition coefficient (Wildman–Crippen LogP) is 1.75. The van der Waals surface area contributed by atoms with E-state index in [2.05, 4.69) is 10.5 Å². The van der Waals surface area contributed by atoms with Crippen LogP contribution < -0.4 is 5.32 Å². The monoisotopic (exact) mass is 202 g/mol. The normalized spacial score (nSPS) is 12.9. The van der Waals surface area contributed by atoms with Crippen molar-refractivity contribution in [2.24, 2.45) is 5.16 Å². The minimum Gasteiger partial charge on any atom is -0.444 e. The number of hydrogen-bond donors (Lipinski definition) is 2. The molecule has 1 amide bonds. The molecule has 0 aliphatic carbocycles. The van der Waals surface area contributed by atoms with Crippen LogP contribution in [0, 0.1) is 0 Å². The van der Waals surface area contributed by atoms with Gasteiger partial charge in [0.2, 0.25) is 0 Å². The maximum Gasteiger partial charge on any atom is 0.408 e. The molecular formula is C9H18N2O3. The van der Waals surface area contributed by atoms with Crippen LogP contribution in [0.15, 0.2) is 5.16 Å². The summed E-state index contributed by atoms with van der Waals surface area (Å²) in [6.07, 6.45) is 0.680. The van der Waals surface area contributed by atoms with E-state index in [-0.39, 0.29) is 0 Å². The summed E-state index contributed by atoms with van der Waals surface area (Å²) in [7, 11) is 0. The fraction of sp³-hybridized carbons (Fsp3) is 0.778. The minimum atomic E-state index is -0.725. The average molecular weight is 202 g/mol. The zero-order valence-corrected chi connectivity index (χ0v) is 9.29. The Morgan fingerprint density at radius 2 is 1.86 bits per heavy atom. The summed E-state index contributed by atoms with van der Waals surface area (Å²) in [5, 5.41) is 13.7. The van der Waals surface area contributed by atoms with Crippen molar-refractivity contribution in [2.75, 3.05) is 0 Å². The molecule has 0 rings (SSSR count). The molecule has 0 saturated heterocycles. The van der Waals surface area contributed by atoms with E-state index >= 15 is 0 Å². The highest BCUT2D eigenvalue weighted by Gasteiger charge is 2.22. The van der Waals surface area contributed by atoms with E-state index in [1.165, 1.54) is 6.21 Å². The summed E-state index contributed by atoms with van der Waals surface area (Å²) in [6, 6.07) is 0. The molecule has 0 radical (unpaired) electrons. The second-order valence-electron chi connectivity index (χ2n) is 4.59. The molecule has 5 nitrogen and oxygen atoms in total. The standard InChI is InChI=1S/C9H18N2O3/c1-8(2,3)14-7(12)11-9(4,5)6-10-13/h6,13H,1-5H3,(H,11,12). The maximum absolute atomic E-state index is 11.3. The van der Waals surface area contributed by atoms with Gasteiger partial charge >= 0.3 is 6.09 Å². The van der Waals surface area contributed by atoms with Crippen molar-refractivity contribution in [3.63, 3.8) is 0 Å². The molecule has 0 heterocycles. The van der Waals surface area contributed by atoms with E-state index in [0.717, 1.165) is 0 Å². The number of nitrogens with zero attached hydrogens (tertiary/aromatic N) is 1. The third kappa shape index (κ3) is 6.28. The first-order valence-corrected chi connectivity index (χ1v) is 4.36. The van der Waals surface area contributed by atoms with Gasteiger partial charge in [0.15, 0.2) is 0 Å². The molecule has 0 atom stereocenters. The van der Waals surface area contributed by atoms with Crippen molar-refractivity contribution >= 4 is 12.3 Å². The summed E-state index contributed by atoms with van der Waals surface area (Å²) in [5.41, 5.74) is -1.26. The largest absolute Gasteiger partial charge is 0.444 e. The van der Waals surface area contributed by atoms with Gasteiger partial charge in [-0.3, -0.25) is 0 Å². The number of carbonyl (C=O) groups excluding carboxylic acids is 1. The Labute approximate surface area is 84.1 Å². The number of alkyl carbamates (subject to hydrolysis) is 1. The average Bonchev–Trinajstić information content (AvgIpc) is 1.78. The lowest BCUT2D eigenvalue weighted by atomic mass is 10.1. The summed E-state index contributed by atoms with van der Waals surface area (Å²) >= 11 is 0. The van der Waals surface area contributed by atoms with Gasteiger partial charge in [-0.05, 0) is 34.6 Å². The van der Waals surface area contributed by atoms with E-state index in [1.807, 2.05) is 0 Å². The van der Waals surface area contributed by atoms with Crippen LogP contribution in [0.1, 0.15) is 34.6 Å². The molecule has 0 fully saturated rings. The molecule has 0 unspecified atom stereocenters. The lowest BCUT2D eigenvalue weighted by Crippen LogP contribution is -2.46. The third-order valence-corrected chi connectivity index (χ3v) is 1.20. The highest BCUT2D eigenvalue weighted by molar-refractivity contribution is 5.77. The molecule has 0 spiro atoms. The van der Waals surface area contributed by atoms with Gasteiger partial charge in [-0.15, -0.1) is 0 Å². The lowest BCUT2D eigenvalue weighted by Gasteiger charge is -2.25. The third-order valence-electron chi connectivity index (χ3n) is 1.20. The van der Waals surface area contributed by atoms with Gasteiger partial charge in [0.05, 0.1) is 11.8 Å². The molecule has 2 N–H and O–H groups in total. The maximum atomic E-state index is 11.3. The number of nitrogens with one attached hydrogen (secondary N) is 1. The van der Waals surface area contributed by atoms with Crippen molar-refractivity contribution < 1.29 is 14.7 Å². The van der Waals surface area contributed by atoms with Gasteiger partial charge in [0.1, 0.15) is 5.60 Å². The van der Waals surface area contributed by atoms with Gasteiger partial charge in [0.25, 0.3) is 0 Å². The van der Waals surface area contributed by atoms with Crippen LogP contribution in [0.3, 0.4) is 0 Å². The van der Waals surface area contributed by atoms with Gasteiger partial charge in [-0.1, -0.05) is 5.16 Å². The summed E-state index contributed by atoms with van der Waals surface area (Å²) in [4.78, 5) is 11.3. The molecule has 0 aliphatic rings. The summed E-state index contributed by atoms with van der Waals surface area (Å²) < 4.78 is 5.03. The molecule has 0 aromatic heterocycles. The number of amides is 1. The van der Waals surface area contributed by atoms with Gasteiger partial charge in [-0.25, -0.2) is 4.79 Å². The lowest BCUT2D eigenvalue weighted by molar-refractivity contribution is 0.0498. The van der Waals surface area contributed by atoms with E-state index in [0.29, 0.717) is 0 Å². The Morgan fingerprint density at radius 3 is 2.21 bits per heavy atom. The molecule has 5 heteroatoms. The Bertz CT molecular complexity index is 229. The van der Waals surface area contributed by atoms with Gasteiger partial charge in [-0.2, -0.15) is 0 Å². The van der Waals surface area contributed by atoms with Crippen molar-refractivity contribution in [2.45, 2.75) is 45.8 Å². The fourth-order valence-corrected chi connectivity index (χ4v) is 0.743. The Morgan fingerprint density at radius 1 is 1.36 bits per heavy atom. The molecule has 0 aromatic rings. The van der Waals surface area contributed by atoms with Crippen molar-refractivity contribution in [3.05, 3.63) is 0 Å². The zero-order valence-electron chi connectivity index (χ0n) is 9.29. The molecular weight excluding hydrogens is 184 g/mol. The highest BCUT2D eigenvalue weighted by Crippen LogP contribution is 2.08. The van der Waals surface area contributed by atoms with Crippen LogP contribution >= 0.6 is 0 Å². The van der Waals surface area contributed by atoms with Crippen LogP contribution in [-0.4, -0.2) is 28.7 Å². The number of oxime groups is 1. The topological polar surface area (TPSA) is 70.9 Å². The second kappa shape index (κ2) is 4.30. The van der Waals surface area contributed by atoms with Crippen LogP contribution in [0.5, 0.6) is 0 Å². The van der Waals surface area contributed by atoms with Gasteiger partial charge in [0, 0.05) is 0 Å². The second-order valence-corrected chi connectivity index (χ2v) is 4.59. The number of rotatable bonds is 2. The Kier molecular flexibility index (Phi) is 3.92. The van der Waals surface area contributed by atoms with Crippen molar-refractivity contribution in [1.82, 2.24) is 5.32 Å². The van der Waals surface area contributed by atoms with E-state index in [9.17, 15) is 4.79 Å². The summed E-state index contributed by atoms with van der Waals surface area (Å²) in [5.74, 6) is 0. The number of ether oxygens (including phenoxy) is 1. The van der Waals surface area contributed by atoms with E-state index in [4.69, 9.17) is 9.94 Å². The first kappa shape index (κ1) is 12.7. The SMILES string of the molecule is CC(C)(C=NO)NC(=O)OC(C)(C)C. The Hall–Kier alpha value is -1.26. The van der Waals surface area contributed by atoms with Crippen LogP contribution in [-0.2, 0) is 4.74 Å². The summed E-state index contributed by atoms with van der Waals surface area (Å²) in [6.45, 7) is 8.71. The van der Waals surface area contributed by atoms with Gasteiger partial charge < -0.3 is 15.3 Å². The molecule has 0 aromatic carbocycles. The molecule has 0 saturated carbocycles. The predicted molar refractivity (Wildman–Crippen MR) is 53.7 cm³/mol. The first-order chi connectivity index (χ1) is 6.16. The fourth-order valence-electron chi connectivity index (χ4n) is 0.743. The van der Waals surface area contributed by atoms with Crippen LogP contribution in [0.4, 0.5) is 4.79 Å². The zero-order chi connectivity index (χ0) is 11.4. The van der Waals surface area contributed by atoms with Crippen molar-refractivity contribution in [1.29, 1.82) is 0 Å². The van der Waals surface area contributed by atoms with Crippen LogP contribution in [0.2, 0.25) is 0 Å². The smallest absolute Gasteiger partial charge is 0.408 e. The molecule has 82 valence electrons. The number of carbonyl (C=O) groups is 1. The quantitative estimate of drug-likeness (QED) is 0.407. The van der Waals surface area contributed by atoms with Crippen LogP contribution in [0.25, 0.3) is 0 Å². The molecule has 0 aliphatic heterocycles. The molecule has 0 bridgehead atoms.